The van der Waals surface area contributed by atoms with E-state index in [2.05, 4.69) is 17.4 Å². The number of hydrogen-bond acceptors (Lipinski definition) is 3. The van der Waals surface area contributed by atoms with E-state index in [1.807, 2.05) is 42.5 Å². The van der Waals surface area contributed by atoms with Crippen molar-refractivity contribution in [1.29, 1.82) is 0 Å². The summed E-state index contributed by atoms with van der Waals surface area (Å²) in [5, 5.41) is 3.35. The van der Waals surface area contributed by atoms with Gasteiger partial charge in [-0.3, -0.25) is 4.79 Å². The second kappa shape index (κ2) is 6.59. The van der Waals surface area contributed by atoms with Crippen molar-refractivity contribution in [1.82, 2.24) is 0 Å². The van der Waals surface area contributed by atoms with Crippen molar-refractivity contribution in [3.63, 3.8) is 0 Å². The van der Waals surface area contributed by atoms with Crippen LogP contribution >= 0.6 is 0 Å². The minimum Gasteiger partial charge on any atom is -0.469 e. The zero-order valence-corrected chi connectivity index (χ0v) is 10.9. The molecule has 0 saturated heterocycles. The highest BCUT2D eigenvalue weighted by Gasteiger charge is 2.07. The molecule has 98 valence electrons. The molecule has 0 aliphatic rings. The quantitative estimate of drug-likeness (QED) is 0.835. The number of esters is 1. The maximum atomic E-state index is 11.4. The third kappa shape index (κ3) is 3.85. The summed E-state index contributed by atoms with van der Waals surface area (Å²) in [6, 6.07) is 17.9. The Hall–Kier alpha value is -2.29. The molecule has 1 N–H and O–H groups in total. The summed E-state index contributed by atoms with van der Waals surface area (Å²) in [5.41, 5.74) is 3.12. The number of rotatable bonds is 5. The molecule has 2 aromatic carbocycles. The standard InChI is InChI=1S/C16H17NO2/c1-19-16(18)11-14-9-5-6-10-15(14)17-12-13-7-3-2-4-8-13/h2-10,17H,11-12H2,1H3. The van der Waals surface area contributed by atoms with Crippen molar-refractivity contribution >= 4 is 11.7 Å². The van der Waals surface area contributed by atoms with Crippen LogP contribution in [0.1, 0.15) is 11.1 Å². The van der Waals surface area contributed by atoms with Crippen LogP contribution in [0, 0.1) is 0 Å². The first-order valence-electron chi connectivity index (χ1n) is 6.22. The molecule has 0 saturated carbocycles. The van der Waals surface area contributed by atoms with Crippen LogP contribution in [0.5, 0.6) is 0 Å². The van der Waals surface area contributed by atoms with E-state index < -0.39 is 0 Å². The van der Waals surface area contributed by atoms with E-state index in [-0.39, 0.29) is 12.4 Å². The molecule has 0 aromatic heterocycles. The maximum absolute atomic E-state index is 11.4. The van der Waals surface area contributed by atoms with Crippen molar-refractivity contribution in [2.45, 2.75) is 13.0 Å². The summed E-state index contributed by atoms with van der Waals surface area (Å²) < 4.78 is 4.71. The predicted molar refractivity (Wildman–Crippen MR) is 75.9 cm³/mol. The number of carbonyl (C=O) groups excluding carboxylic acids is 1. The molecule has 0 spiro atoms. The lowest BCUT2D eigenvalue weighted by atomic mass is 10.1. The predicted octanol–water partition coefficient (Wildman–Crippen LogP) is 3.01. The van der Waals surface area contributed by atoms with E-state index in [9.17, 15) is 4.79 Å². The highest BCUT2D eigenvalue weighted by Crippen LogP contribution is 2.17. The molecule has 0 atom stereocenters. The summed E-state index contributed by atoms with van der Waals surface area (Å²) in [6.07, 6.45) is 0.286. The molecule has 0 unspecified atom stereocenters. The van der Waals surface area contributed by atoms with Crippen LogP contribution in [-0.2, 0) is 22.5 Å². The van der Waals surface area contributed by atoms with E-state index >= 15 is 0 Å². The monoisotopic (exact) mass is 255 g/mol. The second-order valence-electron chi connectivity index (χ2n) is 4.25. The molecule has 0 aliphatic heterocycles. The van der Waals surface area contributed by atoms with E-state index in [0.29, 0.717) is 0 Å². The topological polar surface area (TPSA) is 38.3 Å². The first-order valence-corrected chi connectivity index (χ1v) is 6.22. The zero-order chi connectivity index (χ0) is 13.5. The lowest BCUT2D eigenvalue weighted by Gasteiger charge is -2.11. The van der Waals surface area contributed by atoms with Gasteiger partial charge in [-0.1, -0.05) is 48.5 Å². The Morgan fingerprint density at radius 1 is 1.05 bits per heavy atom. The third-order valence-corrected chi connectivity index (χ3v) is 2.91. The van der Waals surface area contributed by atoms with Crippen molar-refractivity contribution in [2.75, 3.05) is 12.4 Å². The first-order chi connectivity index (χ1) is 9.29. The van der Waals surface area contributed by atoms with Crippen molar-refractivity contribution in [3.05, 3.63) is 65.7 Å². The van der Waals surface area contributed by atoms with E-state index in [4.69, 9.17) is 4.74 Å². The normalized spacial score (nSPS) is 9.95. The van der Waals surface area contributed by atoms with Crippen LogP contribution < -0.4 is 5.32 Å². The van der Waals surface area contributed by atoms with Crippen LogP contribution in [-0.4, -0.2) is 13.1 Å². The van der Waals surface area contributed by atoms with Gasteiger partial charge in [-0.2, -0.15) is 0 Å². The Balaban J connectivity index is 2.05. The largest absolute Gasteiger partial charge is 0.469 e. The van der Waals surface area contributed by atoms with Gasteiger partial charge < -0.3 is 10.1 Å². The molecule has 2 aromatic rings. The van der Waals surface area contributed by atoms with Crippen LogP contribution in [0.2, 0.25) is 0 Å². The van der Waals surface area contributed by atoms with Gasteiger partial charge in [0.2, 0.25) is 0 Å². The minimum atomic E-state index is -0.228. The maximum Gasteiger partial charge on any atom is 0.310 e. The molecule has 0 aliphatic carbocycles. The molecule has 3 nitrogen and oxygen atoms in total. The van der Waals surface area contributed by atoms with Gasteiger partial charge in [-0.25, -0.2) is 0 Å². The van der Waals surface area contributed by atoms with Crippen LogP contribution in [0.4, 0.5) is 5.69 Å². The van der Waals surface area contributed by atoms with E-state index in [1.54, 1.807) is 0 Å². The average molecular weight is 255 g/mol. The summed E-state index contributed by atoms with van der Waals surface area (Å²) in [5.74, 6) is -0.228. The van der Waals surface area contributed by atoms with Gasteiger partial charge in [-0.15, -0.1) is 0 Å². The Kier molecular flexibility index (Phi) is 4.56. The third-order valence-electron chi connectivity index (χ3n) is 2.91. The molecule has 0 heterocycles. The Labute approximate surface area is 113 Å². The minimum absolute atomic E-state index is 0.228. The van der Waals surface area contributed by atoms with Crippen molar-refractivity contribution in [2.24, 2.45) is 0 Å². The molecule has 0 fully saturated rings. The summed E-state index contributed by atoms with van der Waals surface area (Å²) in [7, 11) is 1.41. The van der Waals surface area contributed by atoms with Gasteiger partial charge in [-0.05, 0) is 17.2 Å². The fourth-order valence-electron chi connectivity index (χ4n) is 1.87. The number of methoxy groups -OCH3 is 1. The Morgan fingerprint density at radius 2 is 1.74 bits per heavy atom. The Morgan fingerprint density at radius 3 is 2.47 bits per heavy atom. The number of anilines is 1. The molecule has 0 bridgehead atoms. The van der Waals surface area contributed by atoms with Gasteiger partial charge >= 0.3 is 5.97 Å². The highest BCUT2D eigenvalue weighted by atomic mass is 16.5. The zero-order valence-electron chi connectivity index (χ0n) is 10.9. The fourth-order valence-corrected chi connectivity index (χ4v) is 1.87. The number of benzene rings is 2. The van der Waals surface area contributed by atoms with Crippen LogP contribution in [0.25, 0.3) is 0 Å². The van der Waals surface area contributed by atoms with Gasteiger partial charge in [0.15, 0.2) is 0 Å². The average Bonchev–Trinajstić information content (AvgIpc) is 2.47. The van der Waals surface area contributed by atoms with Gasteiger partial charge in [0.25, 0.3) is 0 Å². The molecule has 0 amide bonds. The number of carbonyl (C=O) groups is 1. The molecule has 19 heavy (non-hydrogen) atoms. The van der Waals surface area contributed by atoms with Crippen LogP contribution in [0.3, 0.4) is 0 Å². The number of para-hydroxylation sites is 1. The molecule has 0 radical (unpaired) electrons. The molecule has 2 rings (SSSR count). The lowest BCUT2D eigenvalue weighted by Crippen LogP contribution is -2.08. The summed E-state index contributed by atoms with van der Waals surface area (Å²) in [6.45, 7) is 0.735. The summed E-state index contributed by atoms with van der Waals surface area (Å²) >= 11 is 0. The second-order valence-corrected chi connectivity index (χ2v) is 4.25. The molecule has 3 heteroatoms. The number of ether oxygens (including phenoxy) is 1. The number of nitrogens with one attached hydrogen (secondary N) is 1. The van der Waals surface area contributed by atoms with E-state index in [0.717, 1.165) is 17.8 Å². The van der Waals surface area contributed by atoms with Gasteiger partial charge in [0, 0.05) is 12.2 Å². The first kappa shape index (κ1) is 13.1. The van der Waals surface area contributed by atoms with Gasteiger partial charge in [0.1, 0.15) is 0 Å². The molecular weight excluding hydrogens is 238 g/mol. The SMILES string of the molecule is COC(=O)Cc1ccccc1NCc1ccccc1. The smallest absolute Gasteiger partial charge is 0.310 e. The van der Waals surface area contributed by atoms with Gasteiger partial charge in [0.05, 0.1) is 13.5 Å². The Bertz CT molecular complexity index is 537. The fraction of sp³-hybridized carbons (Fsp3) is 0.188. The number of hydrogen-bond donors (Lipinski definition) is 1. The molecular formula is C16H17NO2. The van der Waals surface area contributed by atoms with E-state index in [1.165, 1.54) is 12.7 Å². The van der Waals surface area contributed by atoms with Crippen molar-refractivity contribution < 1.29 is 9.53 Å². The van der Waals surface area contributed by atoms with Crippen LogP contribution in [0.15, 0.2) is 54.6 Å². The lowest BCUT2D eigenvalue weighted by molar-refractivity contribution is -0.139. The van der Waals surface area contributed by atoms with Crippen molar-refractivity contribution in [3.8, 4) is 0 Å². The highest BCUT2D eigenvalue weighted by molar-refractivity contribution is 5.75. The summed E-state index contributed by atoms with van der Waals surface area (Å²) in [4.78, 5) is 11.4.